The van der Waals surface area contributed by atoms with Gasteiger partial charge in [0.05, 0.1) is 11.9 Å². The number of pyridine rings is 1. The molecule has 1 saturated carbocycles. The van der Waals surface area contributed by atoms with Gasteiger partial charge in [0.15, 0.2) is 21.8 Å². The zero-order chi connectivity index (χ0) is 12.5. The number of rotatable bonds is 4. The second-order valence-corrected chi connectivity index (χ2v) is 6.42. The molecule has 0 radical (unpaired) electrons. The Balaban J connectivity index is 2.28. The predicted octanol–water partition coefficient (Wildman–Crippen LogP) is 1.04. The summed E-state index contributed by atoms with van der Waals surface area (Å²) in [5.74, 6) is 0.305. The third-order valence-corrected chi connectivity index (χ3v) is 4.59. The zero-order valence-corrected chi connectivity index (χ0v) is 10.4. The highest BCUT2D eigenvalue weighted by molar-refractivity contribution is 7.91. The molecule has 94 valence electrons. The summed E-state index contributed by atoms with van der Waals surface area (Å²) in [6.07, 6.45) is 5.48. The molecule has 0 aromatic carbocycles. The molecule has 0 atom stereocenters. The van der Waals surface area contributed by atoms with Crippen LogP contribution in [0.15, 0.2) is 23.4 Å². The van der Waals surface area contributed by atoms with E-state index in [-0.39, 0.29) is 16.8 Å². The zero-order valence-electron chi connectivity index (χ0n) is 9.63. The molecular weight excluding hydrogens is 242 g/mol. The fourth-order valence-electron chi connectivity index (χ4n) is 1.59. The number of aromatic nitrogens is 1. The van der Waals surface area contributed by atoms with E-state index in [0.29, 0.717) is 10.5 Å². The second kappa shape index (κ2) is 4.52. The van der Waals surface area contributed by atoms with Crippen molar-refractivity contribution in [2.45, 2.75) is 37.2 Å². The van der Waals surface area contributed by atoms with Gasteiger partial charge in [-0.15, -0.1) is 0 Å². The SMILES string of the molecule is CCS(=O)(=O)c1cc(OC2CCC2)c[n+]([O-])c1. The van der Waals surface area contributed by atoms with Gasteiger partial charge in [0.25, 0.3) is 0 Å². The van der Waals surface area contributed by atoms with Gasteiger partial charge in [-0.1, -0.05) is 6.92 Å². The van der Waals surface area contributed by atoms with Gasteiger partial charge in [-0.25, -0.2) is 8.42 Å². The second-order valence-electron chi connectivity index (χ2n) is 4.14. The van der Waals surface area contributed by atoms with Crippen LogP contribution in [0.1, 0.15) is 26.2 Å². The van der Waals surface area contributed by atoms with Crippen LogP contribution in [0, 0.1) is 5.21 Å². The van der Waals surface area contributed by atoms with Crippen molar-refractivity contribution in [2.24, 2.45) is 0 Å². The Kier molecular flexibility index (Phi) is 3.24. The number of nitrogens with zero attached hydrogens (tertiary/aromatic N) is 1. The summed E-state index contributed by atoms with van der Waals surface area (Å²) < 4.78 is 29.3. The lowest BCUT2D eigenvalue weighted by Gasteiger charge is -2.25. The number of hydrogen-bond donors (Lipinski definition) is 0. The minimum Gasteiger partial charge on any atom is -0.619 e. The van der Waals surface area contributed by atoms with Crippen LogP contribution in [0.4, 0.5) is 0 Å². The molecule has 2 rings (SSSR count). The van der Waals surface area contributed by atoms with E-state index in [0.717, 1.165) is 25.5 Å². The summed E-state index contributed by atoms with van der Waals surface area (Å²) in [5, 5.41) is 11.3. The van der Waals surface area contributed by atoms with E-state index in [2.05, 4.69) is 0 Å². The normalized spacial score (nSPS) is 16.5. The van der Waals surface area contributed by atoms with Crippen molar-refractivity contribution in [2.75, 3.05) is 5.75 Å². The van der Waals surface area contributed by atoms with E-state index < -0.39 is 9.84 Å². The van der Waals surface area contributed by atoms with Crippen LogP contribution >= 0.6 is 0 Å². The van der Waals surface area contributed by atoms with Crippen molar-refractivity contribution in [3.8, 4) is 5.75 Å². The minimum absolute atomic E-state index is 0.0202. The quantitative estimate of drug-likeness (QED) is 0.597. The van der Waals surface area contributed by atoms with Crippen LogP contribution in [-0.2, 0) is 9.84 Å². The summed E-state index contributed by atoms with van der Waals surface area (Å²) in [7, 11) is -3.37. The molecule has 1 aliphatic carbocycles. The van der Waals surface area contributed by atoms with Crippen molar-refractivity contribution >= 4 is 9.84 Å². The Morgan fingerprint density at radius 2 is 2.18 bits per heavy atom. The van der Waals surface area contributed by atoms with E-state index in [9.17, 15) is 13.6 Å². The molecule has 6 heteroatoms. The van der Waals surface area contributed by atoms with Gasteiger partial charge in [0.1, 0.15) is 4.90 Å². The van der Waals surface area contributed by atoms with Gasteiger partial charge in [0, 0.05) is 6.07 Å². The maximum atomic E-state index is 11.7. The molecule has 1 aromatic heterocycles. The molecule has 0 aliphatic heterocycles. The molecule has 17 heavy (non-hydrogen) atoms. The van der Waals surface area contributed by atoms with E-state index >= 15 is 0 Å². The Morgan fingerprint density at radius 3 is 2.71 bits per heavy atom. The third-order valence-electron chi connectivity index (χ3n) is 2.89. The fraction of sp³-hybridized carbons (Fsp3) is 0.545. The standard InChI is InChI=1S/C11H15NO4S/c1-2-17(14,15)11-6-10(7-12(13)8-11)16-9-4-3-5-9/h6-9H,2-5H2,1H3. The maximum Gasteiger partial charge on any atom is 0.222 e. The van der Waals surface area contributed by atoms with Crippen molar-refractivity contribution in [1.82, 2.24) is 0 Å². The molecule has 1 aliphatic rings. The smallest absolute Gasteiger partial charge is 0.222 e. The topological polar surface area (TPSA) is 70.3 Å². The lowest BCUT2D eigenvalue weighted by molar-refractivity contribution is -0.608. The van der Waals surface area contributed by atoms with Gasteiger partial charge in [-0.3, -0.25) is 0 Å². The summed E-state index contributed by atoms with van der Waals surface area (Å²) >= 11 is 0. The molecule has 0 amide bonds. The van der Waals surface area contributed by atoms with Crippen molar-refractivity contribution in [3.63, 3.8) is 0 Å². The number of sulfone groups is 1. The third kappa shape index (κ3) is 2.69. The van der Waals surface area contributed by atoms with Crippen molar-refractivity contribution < 1.29 is 17.9 Å². The Labute approximate surface area is 101 Å². The first-order chi connectivity index (χ1) is 8.01. The highest BCUT2D eigenvalue weighted by atomic mass is 32.2. The summed E-state index contributed by atoms with van der Waals surface area (Å²) in [5.41, 5.74) is 0. The number of hydrogen-bond acceptors (Lipinski definition) is 4. The van der Waals surface area contributed by atoms with Crippen molar-refractivity contribution in [3.05, 3.63) is 23.7 Å². The monoisotopic (exact) mass is 257 g/mol. The molecule has 0 N–H and O–H groups in total. The van der Waals surface area contributed by atoms with Gasteiger partial charge in [-0.05, 0) is 19.3 Å². The molecule has 0 saturated heterocycles. The highest BCUT2D eigenvalue weighted by Crippen LogP contribution is 2.25. The van der Waals surface area contributed by atoms with E-state index in [1.54, 1.807) is 6.92 Å². The van der Waals surface area contributed by atoms with Gasteiger partial charge in [-0.2, -0.15) is 4.73 Å². The fourth-order valence-corrected chi connectivity index (χ4v) is 2.48. The molecular formula is C11H15NO4S. The summed E-state index contributed by atoms with van der Waals surface area (Å²) in [4.78, 5) is 0.0202. The van der Waals surface area contributed by atoms with Crippen LogP contribution in [-0.4, -0.2) is 20.3 Å². The molecule has 0 bridgehead atoms. The first kappa shape index (κ1) is 12.2. The first-order valence-corrected chi connectivity index (χ1v) is 7.30. The van der Waals surface area contributed by atoms with Crippen molar-refractivity contribution in [1.29, 1.82) is 0 Å². The van der Waals surface area contributed by atoms with Gasteiger partial charge < -0.3 is 9.94 Å². The Bertz CT molecular complexity index is 508. The summed E-state index contributed by atoms with van der Waals surface area (Å²) in [6, 6.07) is 1.42. The average molecular weight is 257 g/mol. The van der Waals surface area contributed by atoms with Crippen LogP contribution in [0.3, 0.4) is 0 Å². The van der Waals surface area contributed by atoms with Crippen LogP contribution in [0.25, 0.3) is 0 Å². The maximum absolute atomic E-state index is 11.7. The highest BCUT2D eigenvalue weighted by Gasteiger charge is 2.22. The lowest BCUT2D eigenvalue weighted by Crippen LogP contribution is -2.30. The Hall–Kier alpha value is -1.30. The van der Waals surface area contributed by atoms with E-state index in [1.165, 1.54) is 12.3 Å². The first-order valence-electron chi connectivity index (χ1n) is 5.64. The van der Waals surface area contributed by atoms with Gasteiger partial charge >= 0.3 is 0 Å². The largest absolute Gasteiger partial charge is 0.619 e. The molecule has 1 heterocycles. The van der Waals surface area contributed by atoms with Gasteiger partial charge in [0.2, 0.25) is 6.20 Å². The lowest BCUT2D eigenvalue weighted by atomic mass is 9.96. The molecule has 1 fully saturated rings. The van der Waals surface area contributed by atoms with Crippen LogP contribution in [0.2, 0.25) is 0 Å². The molecule has 0 unspecified atom stereocenters. The summed E-state index contributed by atoms with van der Waals surface area (Å²) in [6.45, 7) is 1.55. The van der Waals surface area contributed by atoms with Crippen LogP contribution in [0.5, 0.6) is 5.75 Å². The average Bonchev–Trinajstić information content (AvgIpc) is 2.23. The number of ether oxygens (including phenoxy) is 1. The van der Waals surface area contributed by atoms with E-state index in [1.807, 2.05) is 0 Å². The minimum atomic E-state index is -3.37. The predicted molar refractivity (Wildman–Crippen MR) is 61.4 cm³/mol. The molecule has 1 aromatic rings. The Morgan fingerprint density at radius 1 is 1.47 bits per heavy atom. The van der Waals surface area contributed by atoms with Crippen LogP contribution < -0.4 is 9.47 Å². The molecule has 0 spiro atoms. The van der Waals surface area contributed by atoms with E-state index in [4.69, 9.17) is 4.74 Å². The molecule has 5 nitrogen and oxygen atoms in total.